The van der Waals surface area contributed by atoms with Crippen molar-refractivity contribution in [1.82, 2.24) is 4.90 Å². The molecule has 1 fully saturated rings. The van der Waals surface area contributed by atoms with Gasteiger partial charge in [0.05, 0.1) is 4.90 Å². The molecule has 0 saturated carbocycles. The molecule has 0 aromatic heterocycles. The Labute approximate surface area is 129 Å². The lowest BCUT2D eigenvalue weighted by molar-refractivity contribution is -0.134. The van der Waals surface area contributed by atoms with Crippen LogP contribution in [0.25, 0.3) is 0 Å². The van der Waals surface area contributed by atoms with Crippen LogP contribution in [0.5, 0.6) is 5.75 Å². The lowest BCUT2D eigenvalue weighted by Gasteiger charge is -2.26. The first kappa shape index (κ1) is 16.1. The lowest BCUT2D eigenvalue weighted by Crippen LogP contribution is -2.38. The van der Waals surface area contributed by atoms with Crippen molar-refractivity contribution >= 4 is 25.6 Å². The van der Waals surface area contributed by atoms with E-state index in [9.17, 15) is 13.2 Å². The van der Waals surface area contributed by atoms with Gasteiger partial charge in [0, 0.05) is 23.8 Å². The third-order valence-electron chi connectivity index (χ3n) is 3.48. The highest BCUT2D eigenvalue weighted by molar-refractivity contribution is 8.13. The molecule has 5 nitrogen and oxygen atoms in total. The van der Waals surface area contributed by atoms with Gasteiger partial charge in [0.1, 0.15) is 5.75 Å². The number of piperidine rings is 1. The molecule has 0 atom stereocenters. The molecule has 1 aliphatic rings. The predicted octanol–water partition coefficient (Wildman–Crippen LogP) is 2.31. The van der Waals surface area contributed by atoms with E-state index in [1.807, 2.05) is 0 Å². The highest BCUT2D eigenvalue weighted by Gasteiger charge is 2.17. The van der Waals surface area contributed by atoms with E-state index in [1.54, 1.807) is 17.9 Å². The maximum absolute atomic E-state index is 12.0. The van der Waals surface area contributed by atoms with Crippen LogP contribution in [-0.2, 0) is 13.8 Å². The molecule has 0 aliphatic carbocycles. The van der Waals surface area contributed by atoms with Crippen LogP contribution in [0.3, 0.4) is 0 Å². The first-order chi connectivity index (χ1) is 9.88. The summed E-state index contributed by atoms with van der Waals surface area (Å²) in [4.78, 5) is 13.8. The second-order valence-corrected chi connectivity index (χ2v) is 7.63. The Kier molecular flexibility index (Phi) is 5.11. The van der Waals surface area contributed by atoms with Gasteiger partial charge in [0.15, 0.2) is 6.61 Å². The number of amides is 1. The molecule has 0 radical (unpaired) electrons. The number of halogens is 1. The number of nitrogens with zero attached hydrogens (tertiary/aromatic N) is 1. The third-order valence-corrected chi connectivity index (χ3v) is 4.96. The smallest absolute Gasteiger partial charge is 0.261 e. The summed E-state index contributed by atoms with van der Waals surface area (Å²) in [6.07, 6.45) is 3.23. The van der Waals surface area contributed by atoms with E-state index >= 15 is 0 Å². The van der Waals surface area contributed by atoms with Crippen molar-refractivity contribution < 1.29 is 17.9 Å². The molecule has 2 rings (SSSR count). The Balaban J connectivity index is 1.97. The van der Waals surface area contributed by atoms with Gasteiger partial charge in [-0.1, -0.05) is 0 Å². The highest BCUT2D eigenvalue weighted by atomic mass is 35.7. The molecule has 7 heteroatoms. The fourth-order valence-electron chi connectivity index (χ4n) is 2.36. The van der Waals surface area contributed by atoms with Crippen LogP contribution in [0, 0.1) is 6.92 Å². The van der Waals surface area contributed by atoms with E-state index in [-0.39, 0.29) is 17.4 Å². The van der Waals surface area contributed by atoms with Crippen molar-refractivity contribution in [3.05, 3.63) is 23.8 Å². The minimum Gasteiger partial charge on any atom is -0.484 e. The fraction of sp³-hybridized carbons (Fsp3) is 0.500. The monoisotopic (exact) mass is 331 g/mol. The third kappa shape index (κ3) is 4.35. The molecule has 1 aliphatic heterocycles. The SMILES string of the molecule is Cc1cc(OCC(=O)N2CCCCC2)ccc1S(=O)(=O)Cl. The summed E-state index contributed by atoms with van der Waals surface area (Å²) in [7, 11) is 1.56. The zero-order valence-corrected chi connectivity index (χ0v) is 13.4. The Bertz CT molecular complexity index is 624. The normalized spacial score (nSPS) is 15.8. The van der Waals surface area contributed by atoms with Gasteiger partial charge in [-0.2, -0.15) is 0 Å². The summed E-state index contributed by atoms with van der Waals surface area (Å²) >= 11 is 0. The zero-order valence-electron chi connectivity index (χ0n) is 11.8. The standard InChI is InChI=1S/C14H18ClNO4S/c1-11-9-12(5-6-13(11)21(15,18)19)20-10-14(17)16-7-3-2-4-8-16/h5-6,9H,2-4,7-8,10H2,1H3. The second-order valence-electron chi connectivity index (χ2n) is 5.10. The molecule has 1 saturated heterocycles. The number of carbonyl (C=O) groups excluding carboxylic acids is 1. The molecule has 1 aromatic carbocycles. The molecular formula is C14H18ClNO4S. The number of rotatable bonds is 4. The average molecular weight is 332 g/mol. The summed E-state index contributed by atoms with van der Waals surface area (Å²) in [5.74, 6) is 0.420. The lowest BCUT2D eigenvalue weighted by atomic mass is 10.1. The minimum atomic E-state index is -3.76. The van der Waals surface area contributed by atoms with Crippen LogP contribution in [0.15, 0.2) is 23.1 Å². The first-order valence-electron chi connectivity index (χ1n) is 6.84. The van der Waals surface area contributed by atoms with E-state index < -0.39 is 9.05 Å². The maximum atomic E-state index is 12.0. The minimum absolute atomic E-state index is 0.0353. The van der Waals surface area contributed by atoms with Crippen molar-refractivity contribution in [1.29, 1.82) is 0 Å². The van der Waals surface area contributed by atoms with Crippen molar-refractivity contribution in [2.45, 2.75) is 31.1 Å². The number of likely N-dealkylation sites (tertiary alicyclic amines) is 1. The van der Waals surface area contributed by atoms with Crippen LogP contribution < -0.4 is 4.74 Å². The topological polar surface area (TPSA) is 63.7 Å². The van der Waals surface area contributed by atoms with Crippen LogP contribution in [0.4, 0.5) is 0 Å². The van der Waals surface area contributed by atoms with E-state index in [2.05, 4.69) is 0 Å². The summed E-state index contributed by atoms with van der Waals surface area (Å²) in [5.41, 5.74) is 0.493. The van der Waals surface area contributed by atoms with Crippen molar-refractivity contribution in [2.24, 2.45) is 0 Å². The molecular weight excluding hydrogens is 314 g/mol. The number of benzene rings is 1. The largest absolute Gasteiger partial charge is 0.484 e. The zero-order chi connectivity index (χ0) is 15.5. The fourth-order valence-corrected chi connectivity index (χ4v) is 3.56. The molecule has 1 aromatic rings. The Hall–Kier alpha value is -1.27. The number of carbonyl (C=O) groups is 1. The quantitative estimate of drug-likeness (QED) is 0.794. The van der Waals surface area contributed by atoms with Gasteiger partial charge in [-0.05, 0) is 49.9 Å². The van der Waals surface area contributed by atoms with Gasteiger partial charge < -0.3 is 9.64 Å². The summed E-state index contributed by atoms with van der Waals surface area (Å²) in [5, 5.41) is 0. The maximum Gasteiger partial charge on any atom is 0.261 e. The van der Waals surface area contributed by atoms with Gasteiger partial charge in [-0.25, -0.2) is 8.42 Å². The number of hydrogen-bond donors (Lipinski definition) is 0. The number of ether oxygens (including phenoxy) is 1. The van der Waals surface area contributed by atoms with Crippen LogP contribution in [-0.4, -0.2) is 38.9 Å². The first-order valence-corrected chi connectivity index (χ1v) is 9.15. The molecule has 0 spiro atoms. The van der Waals surface area contributed by atoms with Crippen molar-refractivity contribution in [2.75, 3.05) is 19.7 Å². The van der Waals surface area contributed by atoms with E-state index in [1.165, 1.54) is 12.1 Å². The Morgan fingerprint density at radius 1 is 1.29 bits per heavy atom. The molecule has 0 bridgehead atoms. The molecule has 21 heavy (non-hydrogen) atoms. The van der Waals surface area contributed by atoms with Crippen LogP contribution >= 0.6 is 10.7 Å². The second kappa shape index (κ2) is 6.66. The summed E-state index contributed by atoms with van der Waals surface area (Å²) in [6, 6.07) is 4.46. The Morgan fingerprint density at radius 2 is 1.95 bits per heavy atom. The highest BCUT2D eigenvalue weighted by Crippen LogP contribution is 2.24. The van der Waals surface area contributed by atoms with Crippen LogP contribution in [0.2, 0.25) is 0 Å². The molecule has 1 heterocycles. The van der Waals surface area contributed by atoms with E-state index in [0.29, 0.717) is 11.3 Å². The molecule has 0 unspecified atom stereocenters. The van der Waals surface area contributed by atoms with Gasteiger partial charge in [-0.3, -0.25) is 4.79 Å². The molecule has 116 valence electrons. The van der Waals surface area contributed by atoms with Gasteiger partial charge in [-0.15, -0.1) is 0 Å². The predicted molar refractivity (Wildman–Crippen MR) is 80.1 cm³/mol. The van der Waals surface area contributed by atoms with Gasteiger partial charge >= 0.3 is 0 Å². The van der Waals surface area contributed by atoms with E-state index in [4.69, 9.17) is 15.4 Å². The molecule has 1 amide bonds. The van der Waals surface area contributed by atoms with E-state index in [0.717, 1.165) is 32.4 Å². The number of hydrogen-bond acceptors (Lipinski definition) is 4. The summed E-state index contributed by atoms with van der Waals surface area (Å²) in [6.45, 7) is 3.16. The van der Waals surface area contributed by atoms with Crippen LogP contribution in [0.1, 0.15) is 24.8 Å². The van der Waals surface area contributed by atoms with Gasteiger partial charge in [0.2, 0.25) is 0 Å². The Morgan fingerprint density at radius 3 is 2.52 bits per heavy atom. The number of aryl methyl sites for hydroxylation is 1. The summed E-state index contributed by atoms with van der Waals surface area (Å²) < 4.78 is 28.0. The van der Waals surface area contributed by atoms with Gasteiger partial charge in [0.25, 0.3) is 15.0 Å². The van der Waals surface area contributed by atoms with Crippen molar-refractivity contribution in [3.63, 3.8) is 0 Å². The average Bonchev–Trinajstić information content (AvgIpc) is 2.44. The molecule has 0 N–H and O–H groups in total. The van der Waals surface area contributed by atoms with Crippen molar-refractivity contribution in [3.8, 4) is 5.75 Å².